The number of alkyl halides is 1. The third kappa shape index (κ3) is 1.54. The van der Waals surface area contributed by atoms with Crippen LogP contribution in [0.3, 0.4) is 0 Å². The summed E-state index contributed by atoms with van der Waals surface area (Å²) in [6.45, 7) is 0.928. The molecule has 0 fully saturated rings. The van der Waals surface area contributed by atoms with Crippen molar-refractivity contribution in [2.75, 3.05) is 16.8 Å². The Morgan fingerprint density at radius 3 is 3.00 bits per heavy atom. The molecule has 0 spiro atoms. The van der Waals surface area contributed by atoms with Crippen molar-refractivity contribution in [3.8, 4) is 0 Å². The first-order valence-electron chi connectivity index (χ1n) is 4.26. The largest absolute Gasteiger partial charge is 0.371 e. The number of aryl methyl sites for hydroxylation is 1. The van der Waals surface area contributed by atoms with E-state index in [-0.39, 0.29) is 0 Å². The van der Waals surface area contributed by atoms with E-state index in [4.69, 9.17) is 0 Å². The number of halogens is 1. The number of nitrogens with zero attached hydrogens (tertiary/aromatic N) is 4. The average Bonchev–Trinajstić information content (AvgIpc) is 2.62. The van der Waals surface area contributed by atoms with Crippen molar-refractivity contribution in [1.29, 1.82) is 0 Å². The summed E-state index contributed by atoms with van der Waals surface area (Å²) in [5, 5.41) is 3.00. The molecule has 2 rings (SSSR count). The molecule has 14 heavy (non-hydrogen) atoms. The fourth-order valence-electron chi connectivity index (χ4n) is 1.32. The second-order valence-corrected chi connectivity index (χ2v) is 3.85. The van der Waals surface area contributed by atoms with Crippen molar-refractivity contribution < 1.29 is 0 Å². The van der Waals surface area contributed by atoms with Gasteiger partial charge < -0.3 is 9.88 Å². The van der Waals surface area contributed by atoms with Crippen LogP contribution >= 0.6 is 22.6 Å². The molecule has 0 atom stereocenters. The van der Waals surface area contributed by atoms with Gasteiger partial charge in [0.2, 0.25) is 0 Å². The number of fused-ring (bicyclic) bond motifs is 1. The van der Waals surface area contributed by atoms with Crippen LogP contribution in [0.15, 0.2) is 12.7 Å². The van der Waals surface area contributed by atoms with E-state index in [0.717, 1.165) is 28.0 Å². The van der Waals surface area contributed by atoms with E-state index in [1.54, 1.807) is 12.7 Å². The average molecular weight is 303 g/mol. The van der Waals surface area contributed by atoms with E-state index in [1.807, 2.05) is 11.6 Å². The molecular formula is C8H10IN5. The van der Waals surface area contributed by atoms with E-state index in [1.165, 1.54) is 0 Å². The summed E-state index contributed by atoms with van der Waals surface area (Å²) < 4.78 is 3.08. The SMILES string of the molecule is CNc1ncnc2c1ncn2CCI. The van der Waals surface area contributed by atoms with Gasteiger partial charge in [0.25, 0.3) is 0 Å². The molecule has 2 aromatic heterocycles. The van der Waals surface area contributed by atoms with Gasteiger partial charge in [0.05, 0.1) is 6.33 Å². The van der Waals surface area contributed by atoms with E-state index >= 15 is 0 Å². The van der Waals surface area contributed by atoms with Gasteiger partial charge in [-0.05, 0) is 0 Å². The highest BCUT2D eigenvalue weighted by atomic mass is 127. The Balaban J connectivity index is 2.57. The Kier molecular flexibility index (Phi) is 2.80. The van der Waals surface area contributed by atoms with Gasteiger partial charge in [-0.25, -0.2) is 15.0 Å². The Bertz CT molecular complexity index is 438. The Labute approximate surface area is 95.1 Å². The highest BCUT2D eigenvalue weighted by Gasteiger charge is 2.07. The fourth-order valence-corrected chi connectivity index (χ4v) is 1.84. The first kappa shape index (κ1) is 9.63. The molecule has 0 radical (unpaired) electrons. The Morgan fingerprint density at radius 1 is 1.43 bits per heavy atom. The van der Waals surface area contributed by atoms with Crippen LogP contribution in [0.25, 0.3) is 11.2 Å². The van der Waals surface area contributed by atoms with Gasteiger partial charge in [-0.3, -0.25) is 0 Å². The zero-order valence-electron chi connectivity index (χ0n) is 7.74. The minimum Gasteiger partial charge on any atom is -0.371 e. The fraction of sp³-hybridized carbons (Fsp3) is 0.375. The summed E-state index contributed by atoms with van der Waals surface area (Å²) in [5.74, 6) is 0.780. The molecule has 0 unspecified atom stereocenters. The second kappa shape index (κ2) is 4.07. The van der Waals surface area contributed by atoms with Crippen molar-refractivity contribution in [3.63, 3.8) is 0 Å². The van der Waals surface area contributed by atoms with Crippen molar-refractivity contribution in [1.82, 2.24) is 19.5 Å². The first-order valence-corrected chi connectivity index (χ1v) is 5.79. The number of rotatable bonds is 3. The van der Waals surface area contributed by atoms with Crippen LogP contribution in [0.2, 0.25) is 0 Å². The summed E-state index contributed by atoms with van der Waals surface area (Å²) in [4.78, 5) is 12.6. The molecule has 6 heteroatoms. The lowest BCUT2D eigenvalue weighted by molar-refractivity contribution is 0.795. The van der Waals surface area contributed by atoms with Crippen LogP contribution in [0.4, 0.5) is 5.82 Å². The van der Waals surface area contributed by atoms with Gasteiger partial charge in [-0.15, -0.1) is 0 Å². The Morgan fingerprint density at radius 2 is 2.29 bits per heavy atom. The highest BCUT2D eigenvalue weighted by Crippen LogP contribution is 2.16. The molecule has 0 bridgehead atoms. The number of aromatic nitrogens is 4. The van der Waals surface area contributed by atoms with E-state index in [9.17, 15) is 0 Å². The molecule has 0 saturated heterocycles. The predicted octanol–water partition coefficient (Wildman–Crippen LogP) is 1.30. The van der Waals surface area contributed by atoms with E-state index in [0.29, 0.717) is 0 Å². The van der Waals surface area contributed by atoms with Crippen molar-refractivity contribution in [2.45, 2.75) is 6.54 Å². The number of hydrogen-bond acceptors (Lipinski definition) is 4. The molecule has 74 valence electrons. The number of nitrogens with one attached hydrogen (secondary N) is 1. The lowest BCUT2D eigenvalue weighted by Crippen LogP contribution is -1.99. The lowest BCUT2D eigenvalue weighted by atomic mass is 10.5. The molecule has 1 N–H and O–H groups in total. The quantitative estimate of drug-likeness (QED) is 0.686. The van der Waals surface area contributed by atoms with Crippen LogP contribution in [0.5, 0.6) is 0 Å². The summed E-state index contributed by atoms with van der Waals surface area (Å²) in [7, 11) is 1.83. The lowest BCUT2D eigenvalue weighted by Gasteiger charge is -2.01. The zero-order chi connectivity index (χ0) is 9.97. The van der Waals surface area contributed by atoms with Gasteiger partial charge in [0, 0.05) is 18.0 Å². The number of imidazole rings is 1. The summed E-state index contributed by atoms with van der Waals surface area (Å²) in [6, 6.07) is 0. The van der Waals surface area contributed by atoms with Crippen LogP contribution in [-0.4, -0.2) is 31.0 Å². The van der Waals surface area contributed by atoms with Gasteiger partial charge in [-0.1, -0.05) is 22.6 Å². The van der Waals surface area contributed by atoms with Crippen molar-refractivity contribution >= 4 is 39.6 Å². The zero-order valence-corrected chi connectivity index (χ0v) is 9.89. The van der Waals surface area contributed by atoms with Crippen LogP contribution in [0.1, 0.15) is 0 Å². The van der Waals surface area contributed by atoms with Crippen LogP contribution in [-0.2, 0) is 6.54 Å². The molecular weight excluding hydrogens is 293 g/mol. The molecule has 0 aliphatic heterocycles. The van der Waals surface area contributed by atoms with Crippen LogP contribution < -0.4 is 5.32 Å². The molecule has 0 aliphatic rings. The third-order valence-electron chi connectivity index (χ3n) is 1.96. The number of hydrogen-bond donors (Lipinski definition) is 1. The molecule has 2 aromatic rings. The minimum absolute atomic E-state index is 0.780. The van der Waals surface area contributed by atoms with Gasteiger partial charge in [-0.2, -0.15) is 0 Å². The molecule has 0 aromatic carbocycles. The highest BCUT2D eigenvalue weighted by molar-refractivity contribution is 14.1. The third-order valence-corrected chi connectivity index (χ3v) is 2.45. The maximum Gasteiger partial charge on any atom is 0.165 e. The summed E-state index contributed by atoms with van der Waals surface area (Å²) in [5.41, 5.74) is 1.72. The van der Waals surface area contributed by atoms with E-state index in [2.05, 4.69) is 42.9 Å². The molecule has 5 nitrogen and oxygen atoms in total. The normalized spacial score (nSPS) is 10.7. The molecule has 0 aliphatic carbocycles. The summed E-state index contributed by atoms with van der Waals surface area (Å²) >= 11 is 2.33. The topological polar surface area (TPSA) is 55.6 Å². The summed E-state index contributed by atoms with van der Waals surface area (Å²) in [6.07, 6.45) is 3.36. The second-order valence-electron chi connectivity index (χ2n) is 2.77. The number of anilines is 1. The maximum absolute atomic E-state index is 4.28. The molecule has 0 amide bonds. The molecule has 2 heterocycles. The first-order chi connectivity index (χ1) is 6.86. The predicted molar refractivity (Wildman–Crippen MR) is 63.8 cm³/mol. The van der Waals surface area contributed by atoms with E-state index < -0.39 is 0 Å². The van der Waals surface area contributed by atoms with Gasteiger partial charge >= 0.3 is 0 Å². The maximum atomic E-state index is 4.28. The molecule has 0 saturated carbocycles. The van der Waals surface area contributed by atoms with Crippen molar-refractivity contribution in [3.05, 3.63) is 12.7 Å². The van der Waals surface area contributed by atoms with Crippen LogP contribution in [0, 0.1) is 0 Å². The Hall–Kier alpha value is -0.920. The van der Waals surface area contributed by atoms with Gasteiger partial charge in [0.15, 0.2) is 11.5 Å². The monoisotopic (exact) mass is 303 g/mol. The standard InChI is InChI=1S/C8H10IN5/c1-10-7-6-8(12-4-11-7)14(3-2-9)5-13-6/h4-5H,2-3H2,1H3,(H,10,11,12). The van der Waals surface area contributed by atoms with Gasteiger partial charge in [0.1, 0.15) is 11.8 Å². The van der Waals surface area contributed by atoms with Crippen molar-refractivity contribution in [2.24, 2.45) is 0 Å². The minimum atomic E-state index is 0.780. The smallest absolute Gasteiger partial charge is 0.165 e.